The van der Waals surface area contributed by atoms with E-state index in [9.17, 15) is 4.79 Å². The molecule has 5 nitrogen and oxygen atoms in total. The fraction of sp³-hybridized carbons (Fsp3) is 0.176. The molecule has 2 rings (SSSR count). The van der Waals surface area contributed by atoms with Gasteiger partial charge in [0.15, 0.2) is 0 Å². The zero-order chi connectivity index (χ0) is 16.7. The molecule has 2 N–H and O–H groups in total. The van der Waals surface area contributed by atoms with Gasteiger partial charge in [0.05, 0.1) is 23.8 Å². The van der Waals surface area contributed by atoms with Crippen LogP contribution < -0.4 is 15.4 Å². The molecule has 23 heavy (non-hydrogen) atoms. The van der Waals surface area contributed by atoms with Crippen LogP contribution >= 0.6 is 11.6 Å². The number of benzene rings is 2. The molecule has 0 aromatic heterocycles. The van der Waals surface area contributed by atoms with Gasteiger partial charge in [0.25, 0.3) is 0 Å². The normalized spacial score (nSPS) is 9.78. The van der Waals surface area contributed by atoms with Gasteiger partial charge in [0, 0.05) is 24.3 Å². The molecule has 0 aliphatic rings. The number of halogens is 1. The highest BCUT2D eigenvalue weighted by Gasteiger charge is 2.04. The molecule has 6 heteroatoms. The van der Waals surface area contributed by atoms with Crippen LogP contribution in [-0.4, -0.2) is 19.6 Å². The molecule has 2 aromatic rings. The molecule has 0 spiro atoms. The van der Waals surface area contributed by atoms with Crippen LogP contribution in [0.3, 0.4) is 0 Å². The first-order valence-corrected chi connectivity index (χ1v) is 7.37. The Morgan fingerprint density at radius 2 is 1.91 bits per heavy atom. The van der Waals surface area contributed by atoms with Crippen molar-refractivity contribution in [1.82, 2.24) is 0 Å². The number of methoxy groups -OCH3 is 1. The molecule has 0 fully saturated rings. The average molecular weight is 330 g/mol. The second-order valence-electron chi connectivity index (χ2n) is 4.76. The molecule has 0 saturated carbocycles. The summed E-state index contributed by atoms with van der Waals surface area (Å²) < 4.78 is 5.08. The highest BCUT2D eigenvalue weighted by molar-refractivity contribution is 6.32. The monoisotopic (exact) mass is 329 g/mol. The smallest absolute Gasteiger partial charge is 0.226 e. The summed E-state index contributed by atoms with van der Waals surface area (Å²) in [6.45, 7) is 0.477. The first kappa shape index (κ1) is 16.7. The van der Waals surface area contributed by atoms with Crippen LogP contribution in [0.1, 0.15) is 12.0 Å². The summed E-state index contributed by atoms with van der Waals surface area (Å²) in [5.74, 6) is 0.498. The molecule has 0 bridgehead atoms. The number of anilines is 2. The molecule has 0 heterocycles. The number of rotatable bonds is 6. The van der Waals surface area contributed by atoms with Gasteiger partial charge >= 0.3 is 0 Å². The van der Waals surface area contributed by atoms with Crippen LogP contribution in [0.5, 0.6) is 5.75 Å². The average Bonchev–Trinajstić information content (AvgIpc) is 2.56. The molecule has 2 aromatic carbocycles. The van der Waals surface area contributed by atoms with E-state index >= 15 is 0 Å². The number of ether oxygens (including phenoxy) is 1. The molecular weight excluding hydrogens is 314 g/mol. The van der Waals surface area contributed by atoms with Crippen molar-refractivity contribution in [3.8, 4) is 11.8 Å². The van der Waals surface area contributed by atoms with Crippen LogP contribution in [0.25, 0.3) is 0 Å². The summed E-state index contributed by atoms with van der Waals surface area (Å²) in [6, 6.07) is 14.1. The summed E-state index contributed by atoms with van der Waals surface area (Å²) in [6.07, 6.45) is 0.309. The molecule has 0 radical (unpaired) electrons. The predicted molar refractivity (Wildman–Crippen MR) is 90.9 cm³/mol. The van der Waals surface area contributed by atoms with E-state index < -0.39 is 0 Å². The van der Waals surface area contributed by atoms with E-state index in [2.05, 4.69) is 10.6 Å². The summed E-state index contributed by atoms with van der Waals surface area (Å²) in [4.78, 5) is 11.9. The maximum Gasteiger partial charge on any atom is 0.226 e. The van der Waals surface area contributed by atoms with Gasteiger partial charge in [-0.15, -0.1) is 0 Å². The van der Waals surface area contributed by atoms with Gasteiger partial charge in [0.1, 0.15) is 5.75 Å². The van der Waals surface area contributed by atoms with Crippen molar-refractivity contribution in [1.29, 1.82) is 5.26 Å². The minimum atomic E-state index is -0.109. The highest BCUT2D eigenvalue weighted by Crippen LogP contribution is 2.27. The fourth-order valence-corrected chi connectivity index (χ4v) is 2.21. The van der Waals surface area contributed by atoms with Crippen molar-refractivity contribution < 1.29 is 9.53 Å². The lowest BCUT2D eigenvalue weighted by molar-refractivity contribution is -0.115. The fourth-order valence-electron chi connectivity index (χ4n) is 1.95. The Morgan fingerprint density at radius 3 is 2.52 bits per heavy atom. The van der Waals surface area contributed by atoms with Crippen molar-refractivity contribution in [2.24, 2.45) is 0 Å². The van der Waals surface area contributed by atoms with Crippen molar-refractivity contribution in [2.75, 3.05) is 24.3 Å². The number of amides is 1. The van der Waals surface area contributed by atoms with Crippen LogP contribution in [0.4, 0.5) is 11.4 Å². The summed E-state index contributed by atoms with van der Waals surface area (Å²) in [7, 11) is 1.56. The van der Waals surface area contributed by atoms with E-state index in [0.29, 0.717) is 35.0 Å². The number of hydrogen-bond donors (Lipinski definition) is 2. The van der Waals surface area contributed by atoms with Crippen molar-refractivity contribution in [3.05, 3.63) is 53.1 Å². The van der Waals surface area contributed by atoms with E-state index in [1.54, 1.807) is 43.5 Å². The lowest BCUT2D eigenvalue weighted by atomic mass is 10.2. The van der Waals surface area contributed by atoms with Gasteiger partial charge in [0.2, 0.25) is 5.91 Å². The molecular formula is C17H16ClN3O2. The van der Waals surface area contributed by atoms with E-state index in [1.165, 1.54) is 0 Å². The quantitative estimate of drug-likeness (QED) is 0.848. The number of carbonyl (C=O) groups excluding carboxylic acids is 1. The van der Waals surface area contributed by atoms with Crippen LogP contribution in [-0.2, 0) is 4.79 Å². The van der Waals surface area contributed by atoms with Crippen molar-refractivity contribution in [2.45, 2.75) is 6.42 Å². The predicted octanol–water partition coefficient (Wildman–Crippen LogP) is 3.66. The van der Waals surface area contributed by atoms with Crippen molar-refractivity contribution >= 4 is 28.9 Å². The third-order valence-corrected chi connectivity index (χ3v) is 3.43. The Hall–Kier alpha value is -2.71. The summed E-state index contributed by atoms with van der Waals surface area (Å²) >= 11 is 6.04. The molecule has 0 atom stereocenters. The largest absolute Gasteiger partial charge is 0.495 e. The maximum absolute atomic E-state index is 11.9. The Kier molecular flexibility index (Phi) is 5.84. The summed E-state index contributed by atoms with van der Waals surface area (Å²) in [5, 5.41) is 15.1. The Bertz CT molecular complexity index is 724. The van der Waals surface area contributed by atoms with Crippen LogP contribution in [0, 0.1) is 11.3 Å². The van der Waals surface area contributed by atoms with E-state index in [-0.39, 0.29) is 5.91 Å². The third-order valence-electron chi connectivity index (χ3n) is 3.13. The first-order valence-electron chi connectivity index (χ1n) is 7.00. The number of carbonyl (C=O) groups is 1. The molecule has 1 amide bonds. The third kappa shape index (κ3) is 4.90. The molecule has 0 aliphatic heterocycles. The number of nitrogens with zero attached hydrogens (tertiary/aromatic N) is 1. The number of hydrogen-bond acceptors (Lipinski definition) is 4. The lowest BCUT2D eigenvalue weighted by Gasteiger charge is -2.09. The van der Waals surface area contributed by atoms with Gasteiger partial charge in [-0.3, -0.25) is 4.79 Å². The molecule has 118 valence electrons. The second kappa shape index (κ2) is 8.06. The Balaban J connectivity index is 1.80. The van der Waals surface area contributed by atoms with Gasteiger partial charge in [-0.2, -0.15) is 5.26 Å². The van der Waals surface area contributed by atoms with Gasteiger partial charge < -0.3 is 15.4 Å². The van der Waals surface area contributed by atoms with Crippen LogP contribution in [0.15, 0.2) is 42.5 Å². The highest BCUT2D eigenvalue weighted by atomic mass is 35.5. The minimum Gasteiger partial charge on any atom is -0.495 e. The zero-order valence-corrected chi connectivity index (χ0v) is 13.4. The van der Waals surface area contributed by atoms with E-state index in [4.69, 9.17) is 21.6 Å². The molecule has 0 aliphatic carbocycles. The SMILES string of the molecule is COc1ccc(NCCC(=O)Nc2ccc(C#N)cc2)cc1Cl. The zero-order valence-electron chi connectivity index (χ0n) is 12.6. The number of nitrogens with one attached hydrogen (secondary N) is 2. The summed E-state index contributed by atoms with van der Waals surface area (Å²) in [5.41, 5.74) is 2.05. The Morgan fingerprint density at radius 1 is 1.22 bits per heavy atom. The van der Waals surface area contributed by atoms with E-state index in [0.717, 1.165) is 5.69 Å². The van der Waals surface area contributed by atoms with Gasteiger partial charge in [-0.05, 0) is 42.5 Å². The van der Waals surface area contributed by atoms with E-state index in [1.807, 2.05) is 12.1 Å². The first-order chi connectivity index (χ1) is 11.1. The second-order valence-corrected chi connectivity index (χ2v) is 5.17. The molecule has 0 saturated heterocycles. The standard InChI is InChI=1S/C17H16ClN3O2/c1-23-16-7-6-14(10-15(16)18)20-9-8-17(22)21-13-4-2-12(11-19)3-5-13/h2-7,10,20H,8-9H2,1H3,(H,21,22). The number of nitriles is 1. The minimum absolute atomic E-state index is 0.109. The van der Waals surface area contributed by atoms with Crippen molar-refractivity contribution in [3.63, 3.8) is 0 Å². The Labute approximate surface area is 139 Å². The lowest BCUT2D eigenvalue weighted by Crippen LogP contribution is -2.16. The van der Waals surface area contributed by atoms with Crippen LogP contribution in [0.2, 0.25) is 5.02 Å². The van der Waals surface area contributed by atoms with Gasteiger partial charge in [-0.1, -0.05) is 11.6 Å². The van der Waals surface area contributed by atoms with Gasteiger partial charge in [-0.25, -0.2) is 0 Å². The maximum atomic E-state index is 11.9. The molecule has 0 unspecified atom stereocenters. The topological polar surface area (TPSA) is 74.2 Å².